The van der Waals surface area contributed by atoms with Gasteiger partial charge in [-0.05, 0) is 42.0 Å². The summed E-state index contributed by atoms with van der Waals surface area (Å²) < 4.78 is 2.23. The molecule has 0 radical (unpaired) electrons. The van der Waals surface area contributed by atoms with Crippen LogP contribution < -0.4 is 5.32 Å². The topological polar surface area (TPSA) is 12.0 Å². The first-order valence-corrected chi connectivity index (χ1v) is 8.90. The summed E-state index contributed by atoms with van der Waals surface area (Å²) in [6.07, 6.45) is 0. The highest BCUT2D eigenvalue weighted by molar-refractivity contribution is 9.10. The van der Waals surface area contributed by atoms with E-state index in [2.05, 4.69) is 87.4 Å². The molecule has 0 aliphatic carbocycles. The first kappa shape index (κ1) is 16.1. The third-order valence-corrected chi connectivity index (χ3v) is 4.84. The lowest BCUT2D eigenvalue weighted by Crippen LogP contribution is -2.22. The van der Waals surface area contributed by atoms with Crippen LogP contribution in [0.15, 0.2) is 61.2 Å². The molecule has 4 heteroatoms. The minimum Gasteiger partial charge on any atom is -0.310 e. The van der Waals surface area contributed by atoms with Crippen LogP contribution in [0.2, 0.25) is 0 Å². The monoisotopic (exact) mass is 413 g/mol. The molecule has 2 rings (SSSR count). The van der Waals surface area contributed by atoms with Gasteiger partial charge in [-0.1, -0.05) is 63.5 Å². The fourth-order valence-corrected chi connectivity index (χ4v) is 3.70. The molecule has 0 atom stereocenters. The molecule has 1 nitrogen and oxygen atoms in total. The van der Waals surface area contributed by atoms with Crippen LogP contribution in [0.3, 0.4) is 0 Å². The molecule has 0 heterocycles. The van der Waals surface area contributed by atoms with Crippen molar-refractivity contribution in [3.8, 4) is 0 Å². The van der Waals surface area contributed by atoms with Crippen LogP contribution in [0.25, 0.3) is 0 Å². The van der Waals surface area contributed by atoms with Crippen LogP contribution in [0, 0.1) is 0 Å². The molecule has 0 aromatic heterocycles. The number of hydrogen-bond donors (Lipinski definition) is 1. The molecule has 0 aliphatic heterocycles. The van der Waals surface area contributed by atoms with Gasteiger partial charge in [0.05, 0.1) is 0 Å². The van der Waals surface area contributed by atoms with Crippen molar-refractivity contribution < 1.29 is 0 Å². The molecular formula is C16H17Br2NS. The van der Waals surface area contributed by atoms with E-state index in [4.69, 9.17) is 0 Å². The number of nitrogens with one attached hydrogen (secondary N) is 1. The summed E-state index contributed by atoms with van der Waals surface area (Å²) in [6.45, 7) is 5.21. The van der Waals surface area contributed by atoms with Gasteiger partial charge < -0.3 is 5.32 Å². The summed E-state index contributed by atoms with van der Waals surface area (Å²) in [4.78, 5) is 2.53. The van der Waals surface area contributed by atoms with E-state index in [0.717, 1.165) is 15.5 Å². The van der Waals surface area contributed by atoms with Gasteiger partial charge in [-0.3, -0.25) is 0 Å². The van der Waals surface area contributed by atoms with E-state index in [1.165, 1.54) is 15.4 Å². The maximum absolute atomic E-state index is 3.56. The fourth-order valence-electron chi connectivity index (χ4n) is 1.76. The standard InChI is InChI=1S/C16H17Br2NS/c1-11(2)19-10-12-8-14(18)6-7-16(12)20-15-5-3-4-13(17)9-15/h3-9,11,19H,10H2,1-2H3. The maximum Gasteiger partial charge on any atom is 0.0219 e. The molecule has 0 spiro atoms. The second kappa shape index (κ2) is 7.64. The molecule has 0 saturated heterocycles. The van der Waals surface area contributed by atoms with Gasteiger partial charge in [-0.15, -0.1) is 0 Å². The van der Waals surface area contributed by atoms with Crippen LogP contribution in [-0.4, -0.2) is 6.04 Å². The van der Waals surface area contributed by atoms with Crippen molar-refractivity contribution in [3.63, 3.8) is 0 Å². The van der Waals surface area contributed by atoms with E-state index in [0.29, 0.717) is 6.04 Å². The Kier molecular flexibility index (Phi) is 6.15. The molecule has 2 aromatic carbocycles. The molecule has 0 fully saturated rings. The van der Waals surface area contributed by atoms with Gasteiger partial charge >= 0.3 is 0 Å². The molecule has 20 heavy (non-hydrogen) atoms. The second-order valence-electron chi connectivity index (χ2n) is 4.85. The summed E-state index contributed by atoms with van der Waals surface area (Å²) in [5.74, 6) is 0. The van der Waals surface area contributed by atoms with Crippen molar-refractivity contribution in [2.45, 2.75) is 36.2 Å². The average molecular weight is 415 g/mol. The summed E-state index contributed by atoms with van der Waals surface area (Å²) in [5, 5.41) is 3.48. The van der Waals surface area contributed by atoms with E-state index in [-0.39, 0.29) is 0 Å². The lowest BCUT2D eigenvalue weighted by molar-refractivity contribution is 0.584. The number of hydrogen-bond acceptors (Lipinski definition) is 2. The molecule has 106 valence electrons. The lowest BCUT2D eigenvalue weighted by Gasteiger charge is -2.13. The Morgan fingerprint density at radius 2 is 1.80 bits per heavy atom. The molecule has 2 aromatic rings. The summed E-state index contributed by atoms with van der Waals surface area (Å²) in [7, 11) is 0. The Hall–Kier alpha value is -0.290. The van der Waals surface area contributed by atoms with Gasteiger partial charge in [0.25, 0.3) is 0 Å². The summed E-state index contributed by atoms with van der Waals surface area (Å²) in [6, 6.07) is 15.3. The van der Waals surface area contributed by atoms with E-state index in [1.54, 1.807) is 11.8 Å². The largest absolute Gasteiger partial charge is 0.310 e. The molecule has 1 N–H and O–H groups in total. The zero-order valence-corrected chi connectivity index (χ0v) is 15.5. The van der Waals surface area contributed by atoms with Crippen molar-refractivity contribution in [1.82, 2.24) is 5.32 Å². The predicted octanol–water partition coefficient (Wildman–Crippen LogP) is 5.86. The Bertz CT molecular complexity index is 584. The zero-order chi connectivity index (χ0) is 14.5. The van der Waals surface area contributed by atoms with Crippen LogP contribution in [0.4, 0.5) is 0 Å². The van der Waals surface area contributed by atoms with Crippen LogP contribution in [-0.2, 0) is 6.54 Å². The van der Waals surface area contributed by atoms with E-state index >= 15 is 0 Å². The van der Waals surface area contributed by atoms with Crippen molar-refractivity contribution >= 4 is 43.6 Å². The normalized spacial score (nSPS) is 11.1. The third kappa shape index (κ3) is 4.92. The van der Waals surface area contributed by atoms with Crippen LogP contribution in [0.5, 0.6) is 0 Å². The van der Waals surface area contributed by atoms with Gasteiger partial charge in [0, 0.05) is 31.3 Å². The minimum absolute atomic E-state index is 0.484. The quantitative estimate of drug-likeness (QED) is 0.657. The Labute approximate surface area is 141 Å². The molecule has 0 amide bonds. The summed E-state index contributed by atoms with van der Waals surface area (Å²) in [5.41, 5.74) is 1.32. The highest BCUT2D eigenvalue weighted by atomic mass is 79.9. The zero-order valence-electron chi connectivity index (χ0n) is 11.5. The Morgan fingerprint density at radius 1 is 1.05 bits per heavy atom. The SMILES string of the molecule is CC(C)NCc1cc(Br)ccc1Sc1cccc(Br)c1. The van der Waals surface area contributed by atoms with E-state index < -0.39 is 0 Å². The van der Waals surface area contributed by atoms with Crippen LogP contribution >= 0.6 is 43.6 Å². The Morgan fingerprint density at radius 3 is 2.50 bits per heavy atom. The van der Waals surface area contributed by atoms with Crippen molar-refractivity contribution in [2.24, 2.45) is 0 Å². The molecular weight excluding hydrogens is 398 g/mol. The highest BCUT2D eigenvalue weighted by Crippen LogP contribution is 2.33. The lowest BCUT2D eigenvalue weighted by atomic mass is 10.2. The maximum atomic E-state index is 3.56. The number of rotatable bonds is 5. The van der Waals surface area contributed by atoms with E-state index in [1.807, 2.05) is 6.07 Å². The minimum atomic E-state index is 0.484. The molecule has 0 aliphatic rings. The van der Waals surface area contributed by atoms with Gasteiger partial charge in [0.15, 0.2) is 0 Å². The second-order valence-corrected chi connectivity index (χ2v) is 7.79. The van der Waals surface area contributed by atoms with Gasteiger partial charge in [0.2, 0.25) is 0 Å². The van der Waals surface area contributed by atoms with Gasteiger partial charge in [-0.25, -0.2) is 0 Å². The summed E-state index contributed by atoms with van der Waals surface area (Å²) >= 11 is 8.88. The fraction of sp³-hybridized carbons (Fsp3) is 0.250. The Balaban J connectivity index is 2.21. The van der Waals surface area contributed by atoms with Crippen molar-refractivity contribution in [2.75, 3.05) is 0 Å². The first-order chi connectivity index (χ1) is 9.54. The number of benzene rings is 2. The molecule has 0 unspecified atom stereocenters. The van der Waals surface area contributed by atoms with Gasteiger partial charge in [0.1, 0.15) is 0 Å². The van der Waals surface area contributed by atoms with Crippen molar-refractivity contribution in [1.29, 1.82) is 0 Å². The predicted molar refractivity (Wildman–Crippen MR) is 94.4 cm³/mol. The molecule has 0 saturated carbocycles. The average Bonchev–Trinajstić information content (AvgIpc) is 2.39. The third-order valence-electron chi connectivity index (χ3n) is 2.75. The first-order valence-electron chi connectivity index (χ1n) is 6.50. The number of halogens is 2. The molecule has 0 bridgehead atoms. The highest BCUT2D eigenvalue weighted by Gasteiger charge is 2.06. The van der Waals surface area contributed by atoms with Crippen LogP contribution in [0.1, 0.15) is 19.4 Å². The van der Waals surface area contributed by atoms with Crippen molar-refractivity contribution in [3.05, 3.63) is 57.0 Å². The van der Waals surface area contributed by atoms with Gasteiger partial charge in [-0.2, -0.15) is 0 Å². The van der Waals surface area contributed by atoms with E-state index in [9.17, 15) is 0 Å². The smallest absolute Gasteiger partial charge is 0.0219 e.